The van der Waals surface area contributed by atoms with Gasteiger partial charge in [0.1, 0.15) is 12.2 Å². The van der Waals surface area contributed by atoms with Crippen LogP contribution in [-0.2, 0) is 16.0 Å². The van der Waals surface area contributed by atoms with Crippen LogP contribution in [-0.4, -0.2) is 81.8 Å². The van der Waals surface area contributed by atoms with Crippen molar-refractivity contribution in [1.82, 2.24) is 14.5 Å². The van der Waals surface area contributed by atoms with Gasteiger partial charge in [-0.3, -0.25) is 19.1 Å². The topological polar surface area (TPSA) is 126 Å². The van der Waals surface area contributed by atoms with E-state index in [0.29, 0.717) is 17.3 Å². The van der Waals surface area contributed by atoms with Crippen molar-refractivity contribution in [3.05, 3.63) is 11.4 Å². The van der Waals surface area contributed by atoms with E-state index in [1.807, 2.05) is 16.8 Å². The van der Waals surface area contributed by atoms with Gasteiger partial charge in [-0.25, -0.2) is 4.98 Å². The standard InChI is InChI=1S/C18H28N6O4/c1-9-10(7-11(25)12(19)16(27)28-6)24-15(26)13-14(22(5)17(24)21-9)23(8-20-13)18(2,3)4/h8,11-14,25H,7,19H2,1-6H3. The lowest BCUT2D eigenvalue weighted by atomic mass is 10.0. The number of nitrogens with two attached hydrogens (primary N) is 1. The number of aliphatic hydroxyl groups is 1. The predicted octanol–water partition coefficient (Wildman–Crippen LogP) is -0.478. The second kappa shape index (κ2) is 6.85. The van der Waals surface area contributed by atoms with Gasteiger partial charge in [0.15, 0.2) is 6.04 Å². The molecule has 0 spiro atoms. The van der Waals surface area contributed by atoms with E-state index in [1.165, 1.54) is 11.7 Å². The van der Waals surface area contributed by atoms with E-state index in [1.54, 1.807) is 13.3 Å². The number of fused-ring (bicyclic) bond motifs is 2. The van der Waals surface area contributed by atoms with Gasteiger partial charge in [-0.2, -0.15) is 0 Å². The molecule has 2 aliphatic heterocycles. The Labute approximate surface area is 164 Å². The van der Waals surface area contributed by atoms with Crippen LogP contribution in [0.25, 0.3) is 0 Å². The molecular weight excluding hydrogens is 364 g/mol. The number of aliphatic imine (C=N–C) groups is 1. The molecule has 3 heterocycles. The number of rotatable bonds is 4. The molecule has 1 aromatic heterocycles. The fourth-order valence-corrected chi connectivity index (χ4v) is 3.72. The molecule has 0 aliphatic carbocycles. The third kappa shape index (κ3) is 3.06. The number of carbonyl (C=O) groups is 2. The summed E-state index contributed by atoms with van der Waals surface area (Å²) in [5, 5.41) is 10.4. The first-order valence-electron chi connectivity index (χ1n) is 9.17. The third-order valence-electron chi connectivity index (χ3n) is 5.32. The summed E-state index contributed by atoms with van der Waals surface area (Å²) in [6.45, 7) is 7.94. The Morgan fingerprint density at radius 1 is 1.43 bits per heavy atom. The molecule has 0 bridgehead atoms. The summed E-state index contributed by atoms with van der Waals surface area (Å²) in [4.78, 5) is 37.8. The van der Waals surface area contributed by atoms with Crippen LogP contribution in [0.3, 0.4) is 0 Å². The molecule has 154 valence electrons. The number of nitrogens with zero attached hydrogens (tertiary/aromatic N) is 5. The van der Waals surface area contributed by atoms with E-state index in [2.05, 4.69) is 35.5 Å². The minimum absolute atomic E-state index is 0.00122. The number of carbonyl (C=O) groups excluding carboxylic acids is 2. The number of likely N-dealkylation sites (N-methyl/N-ethyl adjacent to an activating group) is 1. The first-order valence-corrected chi connectivity index (χ1v) is 9.17. The number of aryl methyl sites for hydroxylation is 1. The van der Waals surface area contributed by atoms with Crippen molar-refractivity contribution in [2.45, 2.75) is 64.0 Å². The number of hydrogen-bond acceptors (Lipinski definition) is 9. The number of imidazole rings is 1. The van der Waals surface area contributed by atoms with Gasteiger partial charge in [-0.05, 0) is 27.7 Å². The van der Waals surface area contributed by atoms with Crippen molar-refractivity contribution in [3.63, 3.8) is 0 Å². The molecule has 0 amide bonds. The average Bonchev–Trinajstić information content (AvgIpc) is 3.21. The number of hydrogen-bond donors (Lipinski definition) is 2. The maximum absolute atomic E-state index is 13.2. The smallest absolute Gasteiger partial charge is 0.325 e. The summed E-state index contributed by atoms with van der Waals surface area (Å²) < 4.78 is 6.07. The van der Waals surface area contributed by atoms with Crippen LogP contribution in [0, 0.1) is 6.92 Å². The van der Waals surface area contributed by atoms with Crippen LogP contribution in [0.4, 0.5) is 5.95 Å². The van der Waals surface area contributed by atoms with Crippen LogP contribution in [0.2, 0.25) is 0 Å². The average molecular weight is 392 g/mol. The highest BCUT2D eigenvalue weighted by Crippen LogP contribution is 2.35. The summed E-state index contributed by atoms with van der Waals surface area (Å²) in [5.74, 6) is -0.443. The molecule has 4 atom stereocenters. The molecule has 3 rings (SSSR count). The number of esters is 1. The number of aromatic nitrogens is 2. The van der Waals surface area contributed by atoms with Crippen LogP contribution in [0.1, 0.15) is 37.0 Å². The van der Waals surface area contributed by atoms with Crippen molar-refractivity contribution in [1.29, 1.82) is 0 Å². The van der Waals surface area contributed by atoms with Crippen LogP contribution < -0.4 is 10.6 Å². The molecule has 4 unspecified atom stereocenters. The monoisotopic (exact) mass is 392 g/mol. The molecule has 3 N–H and O–H groups in total. The van der Waals surface area contributed by atoms with Gasteiger partial charge in [-0.15, -0.1) is 0 Å². The first-order chi connectivity index (χ1) is 13.0. The van der Waals surface area contributed by atoms with Gasteiger partial charge in [0, 0.05) is 19.0 Å². The van der Waals surface area contributed by atoms with E-state index < -0.39 is 24.2 Å². The highest BCUT2D eigenvalue weighted by atomic mass is 16.5. The highest BCUT2D eigenvalue weighted by Gasteiger charge is 2.49. The molecular formula is C18H28N6O4. The molecule has 10 nitrogen and oxygen atoms in total. The lowest BCUT2D eigenvalue weighted by molar-refractivity contribution is -0.144. The van der Waals surface area contributed by atoms with E-state index in [0.717, 1.165) is 0 Å². The van der Waals surface area contributed by atoms with Crippen molar-refractivity contribution in [3.8, 4) is 0 Å². The van der Waals surface area contributed by atoms with Gasteiger partial charge in [0.2, 0.25) is 5.95 Å². The second-order valence-corrected chi connectivity index (χ2v) is 8.25. The zero-order valence-corrected chi connectivity index (χ0v) is 17.1. The Balaban J connectivity index is 1.97. The van der Waals surface area contributed by atoms with Gasteiger partial charge >= 0.3 is 5.97 Å². The number of aliphatic hydroxyl groups excluding tert-OH is 1. The molecule has 0 aromatic carbocycles. The first kappa shape index (κ1) is 20.3. The minimum atomic E-state index is -1.21. The minimum Gasteiger partial charge on any atom is -0.468 e. The Kier molecular flexibility index (Phi) is 4.96. The lowest BCUT2D eigenvalue weighted by Gasteiger charge is -2.44. The van der Waals surface area contributed by atoms with E-state index in [4.69, 9.17) is 5.73 Å². The maximum Gasteiger partial charge on any atom is 0.325 e. The van der Waals surface area contributed by atoms with Gasteiger partial charge in [-0.1, -0.05) is 0 Å². The zero-order valence-electron chi connectivity index (χ0n) is 17.1. The number of methoxy groups -OCH3 is 1. The SMILES string of the molecule is COC(=O)C(N)C(O)Cc1c(C)nc2n1C(=O)C1N=CN(C(C)(C)C)C1N2C. The van der Waals surface area contributed by atoms with E-state index in [9.17, 15) is 14.7 Å². The fourth-order valence-electron chi connectivity index (χ4n) is 3.72. The summed E-state index contributed by atoms with van der Waals surface area (Å²) in [5.41, 5.74) is 6.64. The Bertz CT molecular complexity index is 827. The number of anilines is 1. The molecule has 0 fully saturated rings. The predicted molar refractivity (Wildman–Crippen MR) is 103 cm³/mol. The molecule has 2 aliphatic rings. The lowest BCUT2D eigenvalue weighted by Crippen LogP contribution is -2.60. The quantitative estimate of drug-likeness (QED) is 0.658. The van der Waals surface area contributed by atoms with Crippen LogP contribution in [0.15, 0.2) is 4.99 Å². The van der Waals surface area contributed by atoms with E-state index in [-0.39, 0.29) is 24.0 Å². The molecule has 0 saturated heterocycles. The molecule has 1 aromatic rings. The van der Waals surface area contributed by atoms with Gasteiger partial charge < -0.3 is 25.4 Å². The summed E-state index contributed by atoms with van der Waals surface area (Å²) in [6, 6.07) is -1.81. The fraction of sp³-hybridized carbons (Fsp3) is 0.667. The largest absolute Gasteiger partial charge is 0.468 e. The Morgan fingerprint density at radius 2 is 2.07 bits per heavy atom. The van der Waals surface area contributed by atoms with Crippen molar-refractivity contribution in [2.24, 2.45) is 10.7 Å². The van der Waals surface area contributed by atoms with E-state index >= 15 is 0 Å². The van der Waals surface area contributed by atoms with Crippen LogP contribution in [0.5, 0.6) is 0 Å². The molecule has 0 saturated carbocycles. The zero-order chi connectivity index (χ0) is 21.0. The highest BCUT2D eigenvalue weighted by molar-refractivity contribution is 5.94. The van der Waals surface area contributed by atoms with Gasteiger partial charge in [0.05, 0.1) is 30.9 Å². The number of ether oxygens (including phenoxy) is 1. The maximum atomic E-state index is 13.2. The molecule has 28 heavy (non-hydrogen) atoms. The summed E-state index contributed by atoms with van der Waals surface area (Å²) in [7, 11) is 3.08. The van der Waals surface area contributed by atoms with Crippen molar-refractivity contribution >= 4 is 24.2 Å². The Morgan fingerprint density at radius 3 is 2.64 bits per heavy atom. The molecule has 10 heteroatoms. The van der Waals surface area contributed by atoms with Gasteiger partial charge in [0.25, 0.3) is 5.91 Å². The summed E-state index contributed by atoms with van der Waals surface area (Å²) in [6.07, 6.45) is 0.238. The third-order valence-corrected chi connectivity index (χ3v) is 5.32. The van der Waals surface area contributed by atoms with Crippen molar-refractivity contribution in [2.75, 3.05) is 19.1 Å². The summed E-state index contributed by atoms with van der Waals surface area (Å²) >= 11 is 0. The normalized spacial score (nSPS) is 23.5. The van der Waals surface area contributed by atoms with Crippen molar-refractivity contribution < 1.29 is 19.4 Å². The molecule has 0 radical (unpaired) electrons. The Hall–Kier alpha value is -2.46. The van der Waals surface area contributed by atoms with Crippen LogP contribution >= 0.6 is 0 Å². The second-order valence-electron chi connectivity index (χ2n) is 8.25.